The Balaban J connectivity index is 1.51. The number of halogens is 1. The van der Waals surface area contributed by atoms with Crippen LogP contribution in [0.4, 0.5) is 0 Å². The van der Waals surface area contributed by atoms with Crippen molar-refractivity contribution in [1.82, 2.24) is 5.32 Å². The van der Waals surface area contributed by atoms with Crippen LogP contribution in [0.2, 0.25) is 5.02 Å². The number of benzene rings is 1. The fourth-order valence-electron chi connectivity index (χ4n) is 2.82. The Hall–Kier alpha value is -0.730. The molecular formula is C18H28ClNO. The molecule has 0 amide bonds. The van der Waals surface area contributed by atoms with Gasteiger partial charge < -0.3 is 10.1 Å². The molecule has 118 valence electrons. The van der Waals surface area contributed by atoms with Crippen molar-refractivity contribution >= 4 is 11.6 Å². The van der Waals surface area contributed by atoms with E-state index in [1.54, 1.807) is 0 Å². The molecule has 1 aromatic rings. The highest BCUT2D eigenvalue weighted by atomic mass is 35.5. The molecule has 0 aromatic heterocycles. The third kappa shape index (κ3) is 5.88. The van der Waals surface area contributed by atoms with Crippen molar-refractivity contribution < 1.29 is 4.74 Å². The summed E-state index contributed by atoms with van der Waals surface area (Å²) in [6, 6.07) is 5.89. The van der Waals surface area contributed by atoms with Gasteiger partial charge in [0.2, 0.25) is 0 Å². The molecule has 0 saturated heterocycles. The molecule has 0 fully saturated rings. The molecule has 1 atom stereocenters. The summed E-state index contributed by atoms with van der Waals surface area (Å²) in [5.41, 5.74) is 1.24. The Morgan fingerprint density at radius 2 is 2.05 bits per heavy atom. The quantitative estimate of drug-likeness (QED) is 0.659. The van der Waals surface area contributed by atoms with Crippen molar-refractivity contribution in [2.45, 2.75) is 58.5 Å². The van der Waals surface area contributed by atoms with Crippen LogP contribution in [-0.4, -0.2) is 19.2 Å². The summed E-state index contributed by atoms with van der Waals surface area (Å²) in [6.07, 6.45) is 7.94. The minimum atomic E-state index is 0.263. The van der Waals surface area contributed by atoms with Gasteiger partial charge in [0.15, 0.2) is 0 Å². The molecule has 1 aliphatic rings. The van der Waals surface area contributed by atoms with Crippen LogP contribution in [-0.2, 0) is 6.42 Å². The molecule has 0 aliphatic carbocycles. The molecule has 1 N–H and O–H groups in total. The second-order valence-corrected chi connectivity index (χ2v) is 6.93. The lowest BCUT2D eigenvalue weighted by atomic mass is 10.0. The summed E-state index contributed by atoms with van der Waals surface area (Å²) in [5.74, 6) is 1.85. The van der Waals surface area contributed by atoms with E-state index in [0.717, 1.165) is 36.2 Å². The smallest absolute Gasteiger partial charge is 0.123 e. The lowest BCUT2D eigenvalue weighted by Gasteiger charge is -2.11. The van der Waals surface area contributed by atoms with Crippen molar-refractivity contribution in [3.05, 3.63) is 28.8 Å². The monoisotopic (exact) mass is 309 g/mol. The molecule has 1 aromatic carbocycles. The molecule has 2 rings (SSSR count). The normalized spacial score (nSPS) is 17.0. The summed E-state index contributed by atoms with van der Waals surface area (Å²) in [4.78, 5) is 0. The van der Waals surface area contributed by atoms with Crippen LogP contribution < -0.4 is 10.1 Å². The molecule has 1 unspecified atom stereocenters. The molecule has 0 spiro atoms. The van der Waals surface area contributed by atoms with Crippen LogP contribution in [0.3, 0.4) is 0 Å². The van der Waals surface area contributed by atoms with Gasteiger partial charge in [-0.25, -0.2) is 0 Å². The second kappa shape index (κ2) is 8.65. The molecule has 0 radical (unpaired) electrons. The van der Waals surface area contributed by atoms with Crippen molar-refractivity contribution in [3.63, 3.8) is 0 Å². The highest BCUT2D eigenvalue weighted by Crippen LogP contribution is 2.30. The van der Waals surface area contributed by atoms with Crippen LogP contribution >= 0.6 is 11.6 Å². The van der Waals surface area contributed by atoms with E-state index in [-0.39, 0.29) is 6.10 Å². The summed E-state index contributed by atoms with van der Waals surface area (Å²) in [6.45, 7) is 6.62. The SMILES string of the molecule is CC(C)CCCCCCNCC1Cc2cc(Cl)ccc2O1. The van der Waals surface area contributed by atoms with Gasteiger partial charge in [-0.05, 0) is 42.6 Å². The van der Waals surface area contributed by atoms with E-state index in [1.807, 2.05) is 18.2 Å². The van der Waals surface area contributed by atoms with Gasteiger partial charge in [-0.3, -0.25) is 0 Å². The average Bonchev–Trinajstić information content (AvgIpc) is 2.83. The number of rotatable bonds is 9. The maximum atomic E-state index is 6.01. The van der Waals surface area contributed by atoms with Gasteiger partial charge >= 0.3 is 0 Å². The van der Waals surface area contributed by atoms with Gasteiger partial charge in [0, 0.05) is 18.0 Å². The number of hydrogen-bond acceptors (Lipinski definition) is 2. The zero-order valence-electron chi connectivity index (χ0n) is 13.3. The van der Waals surface area contributed by atoms with E-state index in [2.05, 4.69) is 19.2 Å². The topological polar surface area (TPSA) is 21.3 Å². The Morgan fingerprint density at radius 3 is 2.86 bits per heavy atom. The van der Waals surface area contributed by atoms with Crippen molar-refractivity contribution in [1.29, 1.82) is 0 Å². The van der Waals surface area contributed by atoms with E-state index in [1.165, 1.54) is 37.7 Å². The van der Waals surface area contributed by atoms with Crippen LogP contribution in [0.15, 0.2) is 18.2 Å². The third-order valence-electron chi connectivity index (χ3n) is 4.02. The maximum Gasteiger partial charge on any atom is 0.123 e. The van der Waals surface area contributed by atoms with E-state index in [4.69, 9.17) is 16.3 Å². The molecule has 2 nitrogen and oxygen atoms in total. The molecule has 1 heterocycles. The molecule has 0 bridgehead atoms. The van der Waals surface area contributed by atoms with E-state index < -0.39 is 0 Å². The highest BCUT2D eigenvalue weighted by Gasteiger charge is 2.22. The number of nitrogens with one attached hydrogen (secondary N) is 1. The average molecular weight is 310 g/mol. The minimum Gasteiger partial charge on any atom is -0.488 e. The molecular weight excluding hydrogens is 282 g/mol. The lowest BCUT2D eigenvalue weighted by molar-refractivity contribution is 0.227. The van der Waals surface area contributed by atoms with Gasteiger partial charge in [-0.15, -0.1) is 0 Å². The van der Waals surface area contributed by atoms with Gasteiger partial charge in [0.05, 0.1) is 0 Å². The first-order chi connectivity index (χ1) is 10.1. The Bertz CT molecular complexity index is 433. The third-order valence-corrected chi connectivity index (χ3v) is 4.26. The fourth-order valence-corrected chi connectivity index (χ4v) is 3.02. The molecule has 21 heavy (non-hydrogen) atoms. The zero-order chi connectivity index (χ0) is 15.1. The predicted octanol–water partition coefficient (Wildman–Crippen LogP) is 4.84. The van der Waals surface area contributed by atoms with Crippen molar-refractivity contribution in [3.8, 4) is 5.75 Å². The number of fused-ring (bicyclic) bond motifs is 1. The first kappa shape index (κ1) is 16.6. The van der Waals surface area contributed by atoms with E-state index in [9.17, 15) is 0 Å². The van der Waals surface area contributed by atoms with Gasteiger partial charge in [-0.2, -0.15) is 0 Å². The number of unbranched alkanes of at least 4 members (excludes halogenated alkanes) is 3. The van der Waals surface area contributed by atoms with E-state index >= 15 is 0 Å². The molecule has 1 aliphatic heterocycles. The summed E-state index contributed by atoms with van der Waals surface area (Å²) in [7, 11) is 0. The second-order valence-electron chi connectivity index (χ2n) is 6.50. The lowest BCUT2D eigenvalue weighted by Crippen LogP contribution is -2.30. The number of hydrogen-bond donors (Lipinski definition) is 1. The number of ether oxygens (including phenoxy) is 1. The van der Waals surface area contributed by atoms with Crippen LogP contribution in [0.1, 0.15) is 51.5 Å². The Morgan fingerprint density at radius 1 is 1.24 bits per heavy atom. The van der Waals surface area contributed by atoms with Gasteiger partial charge in [0.25, 0.3) is 0 Å². The zero-order valence-corrected chi connectivity index (χ0v) is 14.1. The maximum absolute atomic E-state index is 6.01. The minimum absolute atomic E-state index is 0.263. The molecule has 3 heteroatoms. The fraction of sp³-hybridized carbons (Fsp3) is 0.667. The van der Waals surface area contributed by atoms with E-state index in [0.29, 0.717) is 0 Å². The predicted molar refractivity (Wildman–Crippen MR) is 90.4 cm³/mol. The van der Waals surface area contributed by atoms with Crippen molar-refractivity contribution in [2.75, 3.05) is 13.1 Å². The Kier molecular flexibility index (Phi) is 6.85. The van der Waals surface area contributed by atoms with Crippen LogP contribution in [0.25, 0.3) is 0 Å². The summed E-state index contributed by atoms with van der Waals surface area (Å²) in [5, 5.41) is 4.32. The first-order valence-corrected chi connectivity index (χ1v) is 8.68. The Labute approximate surface area is 134 Å². The van der Waals surface area contributed by atoms with Gasteiger partial charge in [-0.1, -0.05) is 51.1 Å². The van der Waals surface area contributed by atoms with Crippen LogP contribution in [0.5, 0.6) is 5.75 Å². The standard InChI is InChI=1S/C18H28ClNO/c1-14(2)7-5-3-4-6-10-20-13-17-12-15-11-16(19)8-9-18(15)21-17/h8-9,11,14,17,20H,3-7,10,12-13H2,1-2H3. The van der Waals surface area contributed by atoms with Crippen LogP contribution in [0, 0.1) is 5.92 Å². The van der Waals surface area contributed by atoms with Crippen molar-refractivity contribution in [2.24, 2.45) is 5.92 Å². The molecule has 0 saturated carbocycles. The summed E-state index contributed by atoms with van der Waals surface area (Å²) >= 11 is 6.01. The summed E-state index contributed by atoms with van der Waals surface area (Å²) < 4.78 is 5.91. The largest absolute Gasteiger partial charge is 0.488 e. The highest BCUT2D eigenvalue weighted by molar-refractivity contribution is 6.30. The van der Waals surface area contributed by atoms with Gasteiger partial charge in [0.1, 0.15) is 11.9 Å². The first-order valence-electron chi connectivity index (χ1n) is 8.31.